The number of hydrogen-bond donors (Lipinski definition) is 1. The van der Waals surface area contributed by atoms with Gasteiger partial charge >= 0.3 is 0 Å². The summed E-state index contributed by atoms with van der Waals surface area (Å²) in [6.07, 6.45) is 1.06. The molecular formula is C24H32ClN3O4S. The van der Waals surface area contributed by atoms with Gasteiger partial charge in [-0.1, -0.05) is 29.8 Å². The third-order valence-corrected chi connectivity index (χ3v) is 6.39. The van der Waals surface area contributed by atoms with Crippen LogP contribution in [-0.2, 0) is 26.2 Å². The van der Waals surface area contributed by atoms with E-state index in [0.29, 0.717) is 10.7 Å². The van der Waals surface area contributed by atoms with Crippen LogP contribution in [0.5, 0.6) is 0 Å². The summed E-state index contributed by atoms with van der Waals surface area (Å²) in [5.74, 6) is -0.816. The average molecular weight is 494 g/mol. The van der Waals surface area contributed by atoms with Crippen LogP contribution in [0.15, 0.2) is 42.5 Å². The number of hydrogen-bond acceptors (Lipinski definition) is 4. The van der Waals surface area contributed by atoms with E-state index >= 15 is 0 Å². The maximum absolute atomic E-state index is 13.5. The van der Waals surface area contributed by atoms with Gasteiger partial charge in [-0.3, -0.25) is 13.9 Å². The third kappa shape index (κ3) is 7.75. The molecule has 7 nitrogen and oxygen atoms in total. The van der Waals surface area contributed by atoms with Gasteiger partial charge in [-0.05, 0) is 75.6 Å². The lowest BCUT2D eigenvalue weighted by molar-refractivity contribution is -0.139. The smallest absolute Gasteiger partial charge is 0.244 e. The summed E-state index contributed by atoms with van der Waals surface area (Å²) in [7, 11) is -3.76. The second kappa shape index (κ2) is 11.0. The number of halogens is 1. The number of rotatable bonds is 9. The molecule has 0 fully saturated rings. The zero-order valence-electron chi connectivity index (χ0n) is 19.9. The molecule has 33 heavy (non-hydrogen) atoms. The van der Waals surface area contributed by atoms with E-state index < -0.39 is 28.5 Å². The highest BCUT2D eigenvalue weighted by atomic mass is 35.5. The SMILES string of the molecule is Cc1cc(C)cc(N(CC(=O)N(Cc2cccc(Cl)c2)[C@H](C)C(=O)NC(C)C)S(C)(=O)=O)c1. The van der Waals surface area contributed by atoms with Gasteiger partial charge in [0.25, 0.3) is 0 Å². The number of carbonyl (C=O) groups is 2. The molecule has 1 N–H and O–H groups in total. The van der Waals surface area contributed by atoms with E-state index in [4.69, 9.17) is 11.6 Å². The molecule has 0 radical (unpaired) electrons. The fraction of sp³-hybridized carbons (Fsp3) is 0.417. The average Bonchev–Trinajstić information content (AvgIpc) is 2.67. The van der Waals surface area contributed by atoms with Crippen LogP contribution in [0.3, 0.4) is 0 Å². The Morgan fingerprint density at radius 1 is 1.03 bits per heavy atom. The molecule has 0 heterocycles. The zero-order chi connectivity index (χ0) is 24.9. The van der Waals surface area contributed by atoms with Crippen LogP contribution in [0.4, 0.5) is 5.69 Å². The van der Waals surface area contributed by atoms with Crippen molar-refractivity contribution in [2.45, 2.75) is 53.2 Å². The molecule has 1 atom stereocenters. The molecule has 0 saturated heterocycles. The van der Waals surface area contributed by atoms with Crippen molar-refractivity contribution in [3.05, 3.63) is 64.2 Å². The lowest BCUT2D eigenvalue weighted by atomic mass is 10.1. The molecule has 180 valence electrons. The number of amides is 2. The molecule has 2 aromatic rings. The van der Waals surface area contributed by atoms with Gasteiger partial charge in [0.15, 0.2) is 0 Å². The van der Waals surface area contributed by atoms with Crippen molar-refractivity contribution in [3.63, 3.8) is 0 Å². The Hall–Kier alpha value is -2.58. The van der Waals surface area contributed by atoms with Gasteiger partial charge in [-0.2, -0.15) is 0 Å². The lowest BCUT2D eigenvalue weighted by Crippen LogP contribution is -2.52. The highest BCUT2D eigenvalue weighted by Crippen LogP contribution is 2.22. The van der Waals surface area contributed by atoms with Crippen molar-refractivity contribution in [2.24, 2.45) is 0 Å². The van der Waals surface area contributed by atoms with Crippen molar-refractivity contribution in [3.8, 4) is 0 Å². The Bertz CT molecular complexity index is 1100. The van der Waals surface area contributed by atoms with Crippen LogP contribution in [-0.4, -0.2) is 50.0 Å². The van der Waals surface area contributed by atoms with E-state index in [9.17, 15) is 18.0 Å². The second-order valence-electron chi connectivity index (χ2n) is 8.61. The summed E-state index contributed by atoms with van der Waals surface area (Å²) in [5.41, 5.74) is 2.90. The first kappa shape index (κ1) is 26.7. The molecule has 0 unspecified atom stereocenters. The fourth-order valence-electron chi connectivity index (χ4n) is 3.53. The molecule has 0 aliphatic heterocycles. The minimum Gasteiger partial charge on any atom is -0.352 e. The molecule has 2 rings (SSSR count). The van der Waals surface area contributed by atoms with E-state index in [2.05, 4.69) is 5.32 Å². The zero-order valence-corrected chi connectivity index (χ0v) is 21.5. The first-order chi connectivity index (χ1) is 15.3. The van der Waals surface area contributed by atoms with E-state index in [-0.39, 0.29) is 18.5 Å². The predicted octanol–water partition coefficient (Wildman–Crippen LogP) is 3.66. The Labute approximate surface area is 201 Å². The quantitative estimate of drug-likeness (QED) is 0.577. The highest BCUT2D eigenvalue weighted by molar-refractivity contribution is 7.92. The van der Waals surface area contributed by atoms with Crippen LogP contribution in [0.1, 0.15) is 37.5 Å². The van der Waals surface area contributed by atoms with Crippen molar-refractivity contribution >= 4 is 39.1 Å². The van der Waals surface area contributed by atoms with Crippen LogP contribution in [0.2, 0.25) is 5.02 Å². The number of nitrogens with one attached hydrogen (secondary N) is 1. The van der Waals surface area contributed by atoms with Crippen LogP contribution < -0.4 is 9.62 Å². The first-order valence-corrected chi connectivity index (χ1v) is 12.9. The van der Waals surface area contributed by atoms with Gasteiger partial charge in [0.1, 0.15) is 12.6 Å². The summed E-state index contributed by atoms with van der Waals surface area (Å²) in [6, 6.07) is 11.4. The number of anilines is 1. The molecule has 0 aliphatic rings. The Kier molecular flexibility index (Phi) is 8.91. The summed E-state index contributed by atoms with van der Waals surface area (Å²) >= 11 is 6.10. The molecule has 0 aliphatic carbocycles. The van der Waals surface area contributed by atoms with Gasteiger partial charge in [0, 0.05) is 17.6 Å². The van der Waals surface area contributed by atoms with Crippen LogP contribution in [0.25, 0.3) is 0 Å². The molecule has 2 amide bonds. The maximum atomic E-state index is 13.5. The predicted molar refractivity (Wildman–Crippen MR) is 133 cm³/mol. The van der Waals surface area contributed by atoms with Gasteiger partial charge < -0.3 is 10.2 Å². The molecule has 0 saturated carbocycles. The van der Waals surface area contributed by atoms with Crippen molar-refractivity contribution in [2.75, 3.05) is 17.1 Å². The number of benzene rings is 2. The summed E-state index contributed by atoms with van der Waals surface area (Å²) < 4.78 is 26.3. The topological polar surface area (TPSA) is 86.8 Å². The summed E-state index contributed by atoms with van der Waals surface area (Å²) in [4.78, 5) is 27.6. The Balaban J connectivity index is 2.42. The normalized spacial score (nSPS) is 12.4. The molecule has 2 aromatic carbocycles. The molecule has 0 bridgehead atoms. The van der Waals surface area contributed by atoms with E-state index in [0.717, 1.165) is 27.3 Å². The fourth-order valence-corrected chi connectivity index (χ4v) is 4.57. The number of carbonyl (C=O) groups excluding carboxylic acids is 2. The molecular weight excluding hydrogens is 462 g/mol. The maximum Gasteiger partial charge on any atom is 0.244 e. The van der Waals surface area contributed by atoms with Crippen LogP contribution >= 0.6 is 11.6 Å². The van der Waals surface area contributed by atoms with Crippen LogP contribution in [0, 0.1) is 13.8 Å². The van der Waals surface area contributed by atoms with E-state index in [1.165, 1.54) is 4.90 Å². The largest absolute Gasteiger partial charge is 0.352 e. The molecule has 9 heteroatoms. The molecule has 0 aromatic heterocycles. The first-order valence-electron chi connectivity index (χ1n) is 10.7. The number of aryl methyl sites for hydroxylation is 2. The molecule has 0 spiro atoms. The van der Waals surface area contributed by atoms with Crippen molar-refractivity contribution in [1.82, 2.24) is 10.2 Å². The number of sulfonamides is 1. The summed E-state index contributed by atoms with van der Waals surface area (Å²) in [5, 5.41) is 3.32. The number of nitrogens with zero attached hydrogens (tertiary/aromatic N) is 2. The third-order valence-electron chi connectivity index (χ3n) is 5.01. The Morgan fingerprint density at radius 2 is 1.64 bits per heavy atom. The van der Waals surface area contributed by atoms with Gasteiger partial charge in [0.05, 0.1) is 11.9 Å². The second-order valence-corrected chi connectivity index (χ2v) is 10.9. The van der Waals surface area contributed by atoms with E-state index in [1.54, 1.807) is 43.3 Å². The van der Waals surface area contributed by atoms with E-state index in [1.807, 2.05) is 33.8 Å². The van der Waals surface area contributed by atoms with Crippen molar-refractivity contribution in [1.29, 1.82) is 0 Å². The standard InChI is InChI=1S/C24H32ClN3O4S/c1-16(2)26-24(30)19(5)27(14-20-8-7-9-21(25)13-20)23(29)15-28(33(6,31)32)22-11-17(3)10-18(4)12-22/h7-13,16,19H,14-15H2,1-6H3,(H,26,30)/t19-/m1/s1. The Morgan fingerprint density at radius 3 is 2.15 bits per heavy atom. The van der Waals surface area contributed by atoms with Gasteiger partial charge in [-0.25, -0.2) is 8.42 Å². The summed E-state index contributed by atoms with van der Waals surface area (Å²) in [6.45, 7) is 8.70. The van der Waals surface area contributed by atoms with Crippen molar-refractivity contribution < 1.29 is 18.0 Å². The minimum atomic E-state index is -3.76. The monoisotopic (exact) mass is 493 g/mol. The van der Waals surface area contributed by atoms with Gasteiger partial charge in [0.2, 0.25) is 21.8 Å². The minimum absolute atomic E-state index is 0.106. The van der Waals surface area contributed by atoms with Gasteiger partial charge in [-0.15, -0.1) is 0 Å². The highest BCUT2D eigenvalue weighted by Gasteiger charge is 2.30. The lowest BCUT2D eigenvalue weighted by Gasteiger charge is -2.32.